The molecule has 0 radical (unpaired) electrons. The molecule has 3 aromatic rings. The molecular formula is C26H29N3O2. The quantitative estimate of drug-likeness (QED) is 0.434. The van der Waals surface area contributed by atoms with Crippen LogP contribution in [0.25, 0.3) is 22.2 Å². The number of hydrogen-bond donors (Lipinski definition) is 1. The number of hydrogen-bond acceptors (Lipinski definition) is 5. The van der Waals surface area contributed by atoms with Crippen LogP contribution < -0.4 is 10.2 Å². The smallest absolute Gasteiger partial charge is 0.196 e. The van der Waals surface area contributed by atoms with E-state index in [0.29, 0.717) is 11.6 Å². The molecule has 0 unspecified atom stereocenters. The van der Waals surface area contributed by atoms with Crippen LogP contribution in [0, 0.1) is 0 Å². The van der Waals surface area contributed by atoms with Gasteiger partial charge in [-0.05, 0) is 31.7 Å². The Labute approximate surface area is 182 Å². The topological polar surface area (TPSA) is 58.4 Å². The van der Waals surface area contributed by atoms with Crippen molar-refractivity contribution in [3.8, 4) is 11.3 Å². The summed E-state index contributed by atoms with van der Waals surface area (Å²) in [6.07, 6.45) is 11.1. The third kappa shape index (κ3) is 3.13. The third-order valence-corrected chi connectivity index (χ3v) is 7.29. The number of carbonyl (C=O) groups is 1. The minimum atomic E-state index is 0.0806. The number of nitrogens with one attached hydrogen (secondary N) is 1. The summed E-state index contributed by atoms with van der Waals surface area (Å²) in [5.41, 5.74) is 5.23. The van der Waals surface area contributed by atoms with Gasteiger partial charge in [-0.2, -0.15) is 0 Å². The molecule has 5 nitrogen and oxygen atoms in total. The van der Waals surface area contributed by atoms with Gasteiger partial charge in [0.25, 0.3) is 0 Å². The molecule has 2 aromatic carbocycles. The molecule has 160 valence electrons. The van der Waals surface area contributed by atoms with E-state index in [1.165, 1.54) is 44.9 Å². The summed E-state index contributed by atoms with van der Waals surface area (Å²) < 4.78 is 5.92. The minimum Gasteiger partial charge on any atom is -0.382 e. The zero-order chi connectivity index (χ0) is 20.8. The van der Waals surface area contributed by atoms with E-state index < -0.39 is 0 Å². The number of ketones is 1. The average Bonchev–Trinajstić information content (AvgIpc) is 3.06. The second kappa shape index (κ2) is 7.70. The molecule has 31 heavy (non-hydrogen) atoms. The van der Waals surface area contributed by atoms with Crippen molar-refractivity contribution in [3.63, 3.8) is 0 Å². The van der Waals surface area contributed by atoms with Gasteiger partial charge in [-0.3, -0.25) is 4.79 Å². The highest BCUT2D eigenvalue weighted by Gasteiger charge is 2.34. The molecule has 1 saturated heterocycles. The van der Waals surface area contributed by atoms with E-state index in [-0.39, 0.29) is 5.78 Å². The van der Waals surface area contributed by atoms with E-state index in [0.717, 1.165) is 65.1 Å². The van der Waals surface area contributed by atoms with Gasteiger partial charge in [0.05, 0.1) is 16.6 Å². The van der Waals surface area contributed by atoms with Gasteiger partial charge >= 0.3 is 0 Å². The maximum atomic E-state index is 13.7. The fourth-order valence-corrected chi connectivity index (χ4v) is 5.68. The van der Waals surface area contributed by atoms with Crippen molar-refractivity contribution in [2.45, 2.75) is 63.8 Å². The maximum absolute atomic E-state index is 13.7. The normalized spacial score (nSPS) is 19.4. The summed E-state index contributed by atoms with van der Waals surface area (Å²) in [7, 11) is 0. The number of nitrogens with zero attached hydrogens (tertiary/aromatic N) is 2. The fourth-order valence-electron chi connectivity index (χ4n) is 5.68. The van der Waals surface area contributed by atoms with Crippen molar-refractivity contribution < 1.29 is 9.32 Å². The van der Waals surface area contributed by atoms with Crippen LogP contribution in [0.1, 0.15) is 73.7 Å². The van der Waals surface area contributed by atoms with Crippen LogP contribution in [0.5, 0.6) is 0 Å². The van der Waals surface area contributed by atoms with Crippen LogP contribution in [0.2, 0.25) is 0 Å². The summed E-state index contributed by atoms with van der Waals surface area (Å²) in [6.45, 7) is 2.06. The number of carbonyl (C=O) groups excluding carboxylic acids is 1. The minimum absolute atomic E-state index is 0.0806. The van der Waals surface area contributed by atoms with Gasteiger partial charge in [0.2, 0.25) is 0 Å². The van der Waals surface area contributed by atoms with E-state index in [1.807, 2.05) is 24.3 Å². The van der Waals surface area contributed by atoms with Crippen LogP contribution in [0.15, 0.2) is 34.9 Å². The van der Waals surface area contributed by atoms with Crippen molar-refractivity contribution in [3.05, 3.63) is 41.5 Å². The molecule has 5 heteroatoms. The number of fused-ring (bicyclic) bond motifs is 2. The molecule has 0 spiro atoms. The Morgan fingerprint density at radius 2 is 1.65 bits per heavy atom. The first-order valence-corrected chi connectivity index (χ1v) is 11.9. The molecule has 6 rings (SSSR count). The second-order valence-corrected chi connectivity index (χ2v) is 9.31. The Kier molecular flexibility index (Phi) is 4.70. The van der Waals surface area contributed by atoms with Crippen LogP contribution in [0.3, 0.4) is 0 Å². The van der Waals surface area contributed by atoms with Gasteiger partial charge in [0.1, 0.15) is 5.52 Å². The van der Waals surface area contributed by atoms with Crippen LogP contribution in [-0.4, -0.2) is 30.1 Å². The lowest BCUT2D eigenvalue weighted by Crippen LogP contribution is -2.27. The zero-order valence-electron chi connectivity index (χ0n) is 18.0. The van der Waals surface area contributed by atoms with E-state index in [9.17, 15) is 4.79 Å². The molecule has 1 aromatic heterocycles. The fraction of sp³-hybridized carbons (Fsp3) is 0.462. The molecule has 1 N–H and O–H groups in total. The Bertz CT molecular complexity index is 1140. The van der Waals surface area contributed by atoms with E-state index in [4.69, 9.17) is 4.52 Å². The predicted molar refractivity (Wildman–Crippen MR) is 124 cm³/mol. The molecule has 2 fully saturated rings. The van der Waals surface area contributed by atoms with Gasteiger partial charge in [0.15, 0.2) is 11.5 Å². The first kappa shape index (κ1) is 18.9. The van der Waals surface area contributed by atoms with Crippen molar-refractivity contribution in [1.29, 1.82) is 0 Å². The Hall–Kier alpha value is -2.82. The summed E-state index contributed by atoms with van der Waals surface area (Å²) in [5, 5.41) is 9.20. The second-order valence-electron chi connectivity index (χ2n) is 9.31. The Balaban J connectivity index is 1.56. The number of aromatic nitrogens is 1. The summed E-state index contributed by atoms with van der Waals surface area (Å²) in [4.78, 5) is 16.1. The lowest BCUT2D eigenvalue weighted by Gasteiger charge is -2.29. The summed E-state index contributed by atoms with van der Waals surface area (Å²) in [6, 6.07) is 10.4. The third-order valence-electron chi connectivity index (χ3n) is 7.29. The molecule has 0 amide bonds. The Morgan fingerprint density at radius 3 is 2.42 bits per heavy atom. The number of benzene rings is 2. The van der Waals surface area contributed by atoms with Gasteiger partial charge < -0.3 is 14.7 Å². The molecular weight excluding hydrogens is 386 g/mol. The SMILES string of the molecule is O=C1c2ccccc2-c2onc3c(N4CCCCCC4)cc(NC4CCCCC4)c1c23. The highest BCUT2D eigenvalue weighted by atomic mass is 16.5. The summed E-state index contributed by atoms with van der Waals surface area (Å²) >= 11 is 0. The van der Waals surface area contributed by atoms with Gasteiger partial charge in [-0.1, -0.05) is 61.5 Å². The molecule has 1 aliphatic heterocycles. The van der Waals surface area contributed by atoms with Crippen molar-refractivity contribution in [2.24, 2.45) is 0 Å². The zero-order valence-corrected chi connectivity index (χ0v) is 18.0. The highest BCUT2D eigenvalue weighted by molar-refractivity contribution is 6.28. The predicted octanol–water partition coefficient (Wildman–Crippen LogP) is 6.16. The van der Waals surface area contributed by atoms with Crippen molar-refractivity contribution in [1.82, 2.24) is 5.16 Å². The van der Waals surface area contributed by atoms with Crippen LogP contribution in [0.4, 0.5) is 11.4 Å². The molecule has 0 bridgehead atoms. The lowest BCUT2D eigenvalue weighted by atomic mass is 9.85. The van der Waals surface area contributed by atoms with Crippen molar-refractivity contribution in [2.75, 3.05) is 23.3 Å². The molecule has 2 aliphatic carbocycles. The first-order chi connectivity index (χ1) is 15.3. The molecule has 3 aliphatic rings. The maximum Gasteiger partial charge on any atom is 0.196 e. The number of anilines is 2. The van der Waals surface area contributed by atoms with Crippen LogP contribution in [-0.2, 0) is 0 Å². The molecule has 0 atom stereocenters. The summed E-state index contributed by atoms with van der Waals surface area (Å²) in [5.74, 6) is 0.820. The Morgan fingerprint density at radius 1 is 0.935 bits per heavy atom. The number of rotatable bonds is 3. The van der Waals surface area contributed by atoms with E-state index in [1.54, 1.807) is 0 Å². The molecule has 1 saturated carbocycles. The molecule has 2 heterocycles. The first-order valence-electron chi connectivity index (χ1n) is 11.9. The monoisotopic (exact) mass is 415 g/mol. The standard InChI is InChI=1S/C26H29N3O2/c30-25-18-12-6-7-13-19(18)26-23-22(25)20(27-17-10-4-3-5-11-17)16-21(24(23)28-31-26)29-14-8-1-2-9-15-29/h6-7,12-13,16-17,27H,1-5,8-11,14-15H2. The highest BCUT2D eigenvalue weighted by Crippen LogP contribution is 2.46. The average molecular weight is 416 g/mol. The van der Waals surface area contributed by atoms with Gasteiger partial charge in [-0.25, -0.2) is 0 Å². The lowest BCUT2D eigenvalue weighted by molar-refractivity contribution is 0.104. The largest absolute Gasteiger partial charge is 0.382 e. The van der Waals surface area contributed by atoms with E-state index in [2.05, 4.69) is 21.4 Å². The van der Waals surface area contributed by atoms with E-state index >= 15 is 0 Å². The van der Waals surface area contributed by atoms with Gasteiger partial charge in [-0.15, -0.1) is 0 Å². The van der Waals surface area contributed by atoms with Crippen molar-refractivity contribution >= 4 is 28.1 Å². The van der Waals surface area contributed by atoms with Gasteiger partial charge in [0, 0.05) is 35.9 Å². The van der Waals surface area contributed by atoms with Crippen LogP contribution >= 0.6 is 0 Å².